The summed E-state index contributed by atoms with van der Waals surface area (Å²) in [6, 6.07) is 2.03. The Hall–Kier alpha value is 0.0900. The molecule has 0 rings (SSSR count). The molecule has 0 unspecified atom stereocenters. The van der Waals surface area contributed by atoms with E-state index in [-0.39, 0.29) is 12.2 Å². The molecule has 0 saturated heterocycles. The molecule has 0 aromatic rings. The second-order valence-electron chi connectivity index (χ2n) is 3.51. The molecule has 0 fully saturated rings. The van der Waals surface area contributed by atoms with Crippen LogP contribution in [-0.2, 0) is 9.05 Å². The molecule has 0 aliphatic rings. The fraction of sp³-hybridized carbons (Fsp3) is 0.889. The van der Waals surface area contributed by atoms with Crippen LogP contribution in [0.1, 0.15) is 34.1 Å². The van der Waals surface area contributed by atoms with Crippen LogP contribution in [-0.4, -0.2) is 22.9 Å². The second kappa shape index (κ2) is 8.27. The van der Waals surface area contributed by atoms with Crippen LogP contribution < -0.4 is 0 Å². The summed E-state index contributed by atoms with van der Waals surface area (Å²) in [6.45, 7) is 8.15. The quantitative estimate of drug-likeness (QED) is 0.514. The highest BCUT2D eigenvalue weighted by Crippen LogP contribution is 2.46. The molecular formula is C9H18ClN2O2P. The molecular weight excluding hydrogens is 235 g/mol. The van der Waals surface area contributed by atoms with Crippen LogP contribution in [0, 0.1) is 11.3 Å². The summed E-state index contributed by atoms with van der Waals surface area (Å²) in [5.41, 5.74) is 0. The van der Waals surface area contributed by atoms with Gasteiger partial charge in [0.15, 0.2) is 0 Å². The fourth-order valence-electron chi connectivity index (χ4n) is 0.712. The van der Waals surface area contributed by atoms with Gasteiger partial charge in [-0.15, -0.1) is 4.19 Å². The Kier molecular flexibility index (Phi) is 8.32. The molecule has 0 aliphatic heterocycles. The third-order valence-corrected chi connectivity index (χ3v) is 3.49. The average Bonchev–Trinajstić information content (AvgIpc) is 2.11. The zero-order valence-corrected chi connectivity index (χ0v) is 11.3. The standard InChI is InChI=1S/C9H18ClN2O2P/c1-8(2)13-15(14-9(3)4)12(10)7-5-6-11/h8-9H,5,7H2,1-4H3. The lowest BCUT2D eigenvalue weighted by Gasteiger charge is -2.26. The van der Waals surface area contributed by atoms with E-state index < -0.39 is 8.53 Å². The summed E-state index contributed by atoms with van der Waals surface area (Å²) >= 11 is 5.97. The van der Waals surface area contributed by atoms with E-state index in [9.17, 15) is 0 Å². The second-order valence-corrected chi connectivity index (χ2v) is 5.54. The van der Waals surface area contributed by atoms with Crippen molar-refractivity contribution in [2.45, 2.75) is 46.3 Å². The number of hydrogen-bond donors (Lipinski definition) is 0. The van der Waals surface area contributed by atoms with Gasteiger partial charge in [-0.3, -0.25) is 0 Å². The lowest BCUT2D eigenvalue weighted by Crippen LogP contribution is -2.15. The van der Waals surface area contributed by atoms with E-state index >= 15 is 0 Å². The molecule has 15 heavy (non-hydrogen) atoms. The maximum absolute atomic E-state index is 8.45. The molecule has 0 bridgehead atoms. The number of hydrogen-bond acceptors (Lipinski definition) is 4. The van der Waals surface area contributed by atoms with Crippen molar-refractivity contribution in [3.63, 3.8) is 0 Å². The van der Waals surface area contributed by atoms with Crippen LogP contribution >= 0.6 is 20.3 Å². The zero-order chi connectivity index (χ0) is 11.8. The lowest BCUT2D eigenvalue weighted by molar-refractivity contribution is 0.160. The van der Waals surface area contributed by atoms with Gasteiger partial charge < -0.3 is 9.05 Å². The van der Waals surface area contributed by atoms with E-state index in [0.29, 0.717) is 13.0 Å². The van der Waals surface area contributed by atoms with E-state index in [1.54, 1.807) is 0 Å². The third kappa shape index (κ3) is 7.96. The van der Waals surface area contributed by atoms with Crippen LogP contribution in [0.15, 0.2) is 0 Å². The van der Waals surface area contributed by atoms with Gasteiger partial charge in [0.25, 0.3) is 8.53 Å². The number of nitrogens with zero attached hydrogens (tertiary/aromatic N) is 2. The van der Waals surface area contributed by atoms with Crippen molar-refractivity contribution in [2.75, 3.05) is 6.54 Å². The minimum absolute atomic E-state index is 0.0539. The molecule has 6 heteroatoms. The van der Waals surface area contributed by atoms with Gasteiger partial charge in [-0.1, -0.05) is 0 Å². The molecule has 4 nitrogen and oxygen atoms in total. The molecule has 0 radical (unpaired) electrons. The highest BCUT2D eigenvalue weighted by Gasteiger charge is 2.22. The highest BCUT2D eigenvalue weighted by atomic mass is 35.5. The topological polar surface area (TPSA) is 45.5 Å². The Labute approximate surface area is 98.2 Å². The smallest absolute Gasteiger partial charge is 0.274 e. The van der Waals surface area contributed by atoms with Crippen LogP contribution in [0.3, 0.4) is 0 Å². The molecule has 0 saturated carbocycles. The van der Waals surface area contributed by atoms with Crippen molar-refractivity contribution >= 4 is 20.3 Å². The Bertz CT molecular complexity index is 199. The number of nitriles is 1. The highest BCUT2D eigenvalue weighted by molar-refractivity contribution is 7.46. The van der Waals surface area contributed by atoms with Gasteiger partial charge in [-0.25, -0.2) is 0 Å². The molecule has 0 spiro atoms. The van der Waals surface area contributed by atoms with E-state index in [4.69, 9.17) is 26.1 Å². The predicted molar refractivity (Wildman–Crippen MR) is 62.2 cm³/mol. The monoisotopic (exact) mass is 252 g/mol. The molecule has 0 aromatic heterocycles. The van der Waals surface area contributed by atoms with Gasteiger partial charge in [0, 0.05) is 13.0 Å². The number of rotatable bonds is 7. The first kappa shape index (κ1) is 15.1. The van der Waals surface area contributed by atoms with Crippen LogP contribution in [0.5, 0.6) is 0 Å². The van der Waals surface area contributed by atoms with Gasteiger partial charge >= 0.3 is 0 Å². The van der Waals surface area contributed by atoms with Gasteiger partial charge in [0.05, 0.1) is 18.3 Å². The Morgan fingerprint density at radius 3 is 2.07 bits per heavy atom. The van der Waals surface area contributed by atoms with E-state index in [1.807, 2.05) is 33.8 Å². The predicted octanol–water partition coefficient (Wildman–Crippen LogP) is 3.43. The average molecular weight is 253 g/mol. The molecule has 0 heterocycles. The van der Waals surface area contributed by atoms with E-state index in [2.05, 4.69) is 0 Å². The first-order valence-corrected chi connectivity index (χ1v) is 6.38. The van der Waals surface area contributed by atoms with Crippen LogP contribution in [0.4, 0.5) is 0 Å². The Morgan fingerprint density at radius 2 is 1.73 bits per heavy atom. The molecule has 0 N–H and O–H groups in total. The summed E-state index contributed by atoms with van der Waals surface area (Å²) in [6.07, 6.45) is 0.474. The van der Waals surface area contributed by atoms with Crippen molar-refractivity contribution in [3.8, 4) is 6.07 Å². The summed E-state index contributed by atoms with van der Waals surface area (Å²) in [5, 5.41) is 8.45. The summed E-state index contributed by atoms with van der Waals surface area (Å²) in [5.74, 6) is 0. The van der Waals surface area contributed by atoms with Crippen molar-refractivity contribution < 1.29 is 9.05 Å². The SMILES string of the molecule is CC(C)OP(OC(C)C)N(Cl)CCC#N. The lowest BCUT2D eigenvalue weighted by atomic mass is 10.5. The van der Waals surface area contributed by atoms with E-state index in [0.717, 1.165) is 0 Å². The Balaban J connectivity index is 4.14. The Morgan fingerprint density at radius 1 is 1.27 bits per heavy atom. The fourth-order valence-corrected chi connectivity index (χ4v) is 2.25. The van der Waals surface area contributed by atoms with Gasteiger partial charge in [-0.2, -0.15) is 5.26 Å². The summed E-state index contributed by atoms with van der Waals surface area (Å²) in [4.78, 5) is 0. The maximum atomic E-state index is 8.45. The van der Waals surface area contributed by atoms with Crippen molar-refractivity contribution in [1.82, 2.24) is 4.19 Å². The van der Waals surface area contributed by atoms with Gasteiger partial charge in [-0.05, 0) is 39.5 Å². The zero-order valence-electron chi connectivity index (χ0n) is 9.61. The van der Waals surface area contributed by atoms with Crippen molar-refractivity contribution in [1.29, 1.82) is 5.26 Å². The molecule has 0 amide bonds. The molecule has 88 valence electrons. The molecule has 0 atom stereocenters. The largest absolute Gasteiger partial charge is 0.318 e. The molecule has 0 aromatic carbocycles. The first-order chi connectivity index (χ1) is 6.97. The van der Waals surface area contributed by atoms with Crippen molar-refractivity contribution in [3.05, 3.63) is 0 Å². The van der Waals surface area contributed by atoms with Crippen LogP contribution in [0.25, 0.3) is 0 Å². The van der Waals surface area contributed by atoms with Gasteiger partial charge in [0.1, 0.15) is 0 Å². The van der Waals surface area contributed by atoms with Gasteiger partial charge in [0.2, 0.25) is 0 Å². The first-order valence-electron chi connectivity index (χ1n) is 4.91. The number of halogens is 1. The maximum Gasteiger partial charge on any atom is 0.274 e. The van der Waals surface area contributed by atoms with Crippen molar-refractivity contribution in [2.24, 2.45) is 0 Å². The normalized spacial score (nSPS) is 11.7. The molecule has 0 aliphatic carbocycles. The van der Waals surface area contributed by atoms with E-state index in [1.165, 1.54) is 4.19 Å². The third-order valence-electron chi connectivity index (χ3n) is 1.19. The van der Waals surface area contributed by atoms with Crippen LogP contribution in [0.2, 0.25) is 0 Å². The minimum Gasteiger partial charge on any atom is -0.318 e. The summed E-state index contributed by atoms with van der Waals surface area (Å²) < 4.78 is 12.5. The summed E-state index contributed by atoms with van der Waals surface area (Å²) in [7, 11) is -1.26. The minimum atomic E-state index is -1.26.